The summed E-state index contributed by atoms with van der Waals surface area (Å²) in [5.74, 6) is 0. The molecule has 0 aliphatic rings. The number of likely N-dealkylation sites (N-methyl/N-ethyl adjacent to an activating group) is 1. The lowest BCUT2D eigenvalue weighted by Gasteiger charge is -2.17. The highest BCUT2D eigenvalue weighted by Crippen LogP contribution is 2.19. The number of nitrogens with zero attached hydrogens (tertiary/aromatic N) is 1. The van der Waals surface area contributed by atoms with Crippen molar-refractivity contribution in [3.8, 4) is 0 Å². The summed E-state index contributed by atoms with van der Waals surface area (Å²) in [7, 11) is 2.16. The van der Waals surface area contributed by atoms with Crippen LogP contribution in [-0.2, 0) is 0 Å². The van der Waals surface area contributed by atoms with E-state index in [-0.39, 0.29) is 0 Å². The topological polar surface area (TPSA) is 15.3 Å². The third-order valence-electron chi connectivity index (χ3n) is 2.58. The van der Waals surface area contributed by atoms with Gasteiger partial charge in [0.25, 0.3) is 0 Å². The fraction of sp³-hybridized carbons (Fsp3) is 0.538. The Balaban J connectivity index is 2.23. The summed E-state index contributed by atoms with van der Waals surface area (Å²) in [5, 5.41) is 4.14. The highest BCUT2D eigenvalue weighted by Gasteiger charge is 1.99. The molecule has 0 saturated heterocycles. The van der Waals surface area contributed by atoms with Gasteiger partial charge in [-0.1, -0.05) is 37.1 Å². The first-order valence-electron chi connectivity index (χ1n) is 5.91. The number of benzene rings is 1. The Labute approximate surface area is 104 Å². The molecule has 1 N–H and O–H groups in total. The normalized spacial score (nSPS) is 10.8. The average molecular weight is 241 g/mol. The van der Waals surface area contributed by atoms with Gasteiger partial charge >= 0.3 is 0 Å². The van der Waals surface area contributed by atoms with Crippen LogP contribution in [0.2, 0.25) is 5.02 Å². The Morgan fingerprint density at radius 1 is 1.25 bits per heavy atom. The lowest BCUT2D eigenvalue weighted by molar-refractivity contribution is 0.340. The van der Waals surface area contributed by atoms with E-state index in [1.807, 2.05) is 24.3 Å². The number of hydrogen-bond donors (Lipinski definition) is 1. The van der Waals surface area contributed by atoms with Gasteiger partial charge in [-0.05, 0) is 32.1 Å². The number of hydrogen-bond acceptors (Lipinski definition) is 2. The Morgan fingerprint density at radius 3 is 2.69 bits per heavy atom. The van der Waals surface area contributed by atoms with Gasteiger partial charge in [-0.25, -0.2) is 0 Å². The summed E-state index contributed by atoms with van der Waals surface area (Å²) in [6.45, 7) is 5.37. The van der Waals surface area contributed by atoms with Crippen LogP contribution in [0.4, 0.5) is 5.69 Å². The van der Waals surface area contributed by atoms with Crippen LogP contribution in [0.25, 0.3) is 0 Å². The molecule has 3 heteroatoms. The molecule has 0 saturated carbocycles. The number of unbranched alkanes of at least 4 members (excludes halogenated alkanes) is 1. The largest absolute Gasteiger partial charge is 0.383 e. The standard InChI is InChI=1S/C13H21ClN2/c1-3-4-10-16(2)11-9-15-13-8-6-5-7-12(13)14/h5-8,15H,3-4,9-11H2,1-2H3. The molecule has 0 heterocycles. The Morgan fingerprint density at radius 2 is 2.00 bits per heavy atom. The zero-order valence-electron chi connectivity index (χ0n) is 10.2. The van der Waals surface area contributed by atoms with Crippen molar-refractivity contribution in [1.82, 2.24) is 4.90 Å². The number of halogens is 1. The Hall–Kier alpha value is -0.730. The van der Waals surface area contributed by atoms with E-state index >= 15 is 0 Å². The summed E-state index contributed by atoms with van der Waals surface area (Å²) >= 11 is 6.05. The second-order valence-corrected chi connectivity index (χ2v) is 4.47. The molecule has 2 nitrogen and oxygen atoms in total. The molecular weight excluding hydrogens is 220 g/mol. The van der Waals surface area contributed by atoms with Crippen molar-refractivity contribution in [2.45, 2.75) is 19.8 Å². The predicted molar refractivity (Wildman–Crippen MR) is 72.3 cm³/mol. The molecule has 0 fully saturated rings. The van der Waals surface area contributed by atoms with Crippen LogP contribution in [0.1, 0.15) is 19.8 Å². The van der Waals surface area contributed by atoms with Crippen LogP contribution in [0, 0.1) is 0 Å². The molecule has 0 bridgehead atoms. The van der Waals surface area contributed by atoms with Crippen LogP contribution >= 0.6 is 11.6 Å². The van der Waals surface area contributed by atoms with Crippen molar-refractivity contribution < 1.29 is 0 Å². The minimum atomic E-state index is 0.790. The summed E-state index contributed by atoms with van der Waals surface area (Å²) < 4.78 is 0. The fourth-order valence-electron chi connectivity index (χ4n) is 1.53. The van der Waals surface area contributed by atoms with Crippen LogP contribution in [-0.4, -0.2) is 31.6 Å². The molecule has 90 valence electrons. The van der Waals surface area contributed by atoms with Gasteiger partial charge < -0.3 is 10.2 Å². The lowest BCUT2D eigenvalue weighted by Crippen LogP contribution is -2.26. The third kappa shape index (κ3) is 4.86. The highest BCUT2D eigenvalue weighted by atomic mass is 35.5. The minimum Gasteiger partial charge on any atom is -0.383 e. The number of rotatable bonds is 7. The monoisotopic (exact) mass is 240 g/mol. The third-order valence-corrected chi connectivity index (χ3v) is 2.91. The number of para-hydroxylation sites is 1. The van der Waals surface area contributed by atoms with Gasteiger partial charge in [0.15, 0.2) is 0 Å². The van der Waals surface area contributed by atoms with Gasteiger partial charge in [-0.2, -0.15) is 0 Å². The van der Waals surface area contributed by atoms with E-state index in [1.165, 1.54) is 19.4 Å². The second-order valence-electron chi connectivity index (χ2n) is 4.06. The van der Waals surface area contributed by atoms with Crippen molar-refractivity contribution in [3.05, 3.63) is 29.3 Å². The molecule has 0 spiro atoms. The molecule has 0 aliphatic carbocycles. The van der Waals surface area contributed by atoms with Gasteiger partial charge in [-0.15, -0.1) is 0 Å². The van der Waals surface area contributed by atoms with Crippen LogP contribution in [0.3, 0.4) is 0 Å². The van der Waals surface area contributed by atoms with Crippen molar-refractivity contribution in [3.63, 3.8) is 0 Å². The number of anilines is 1. The van der Waals surface area contributed by atoms with E-state index in [0.29, 0.717) is 0 Å². The van der Waals surface area contributed by atoms with Gasteiger partial charge in [0.1, 0.15) is 0 Å². The summed E-state index contributed by atoms with van der Waals surface area (Å²) in [5.41, 5.74) is 1.02. The predicted octanol–water partition coefficient (Wildman–Crippen LogP) is 3.48. The first-order valence-corrected chi connectivity index (χ1v) is 6.28. The SMILES string of the molecule is CCCCN(C)CCNc1ccccc1Cl. The molecule has 0 amide bonds. The molecule has 0 atom stereocenters. The van der Waals surface area contributed by atoms with Gasteiger partial charge in [0.05, 0.1) is 10.7 Å². The molecule has 0 radical (unpaired) electrons. The minimum absolute atomic E-state index is 0.790. The van der Waals surface area contributed by atoms with E-state index in [2.05, 4.69) is 24.2 Å². The highest BCUT2D eigenvalue weighted by molar-refractivity contribution is 6.33. The van der Waals surface area contributed by atoms with Crippen LogP contribution in [0.5, 0.6) is 0 Å². The molecule has 1 aromatic rings. The number of nitrogens with one attached hydrogen (secondary N) is 1. The van der Waals surface area contributed by atoms with Crippen molar-refractivity contribution in [2.24, 2.45) is 0 Å². The summed E-state index contributed by atoms with van der Waals surface area (Å²) in [4.78, 5) is 2.34. The van der Waals surface area contributed by atoms with Crippen LogP contribution in [0.15, 0.2) is 24.3 Å². The van der Waals surface area contributed by atoms with E-state index in [9.17, 15) is 0 Å². The zero-order valence-corrected chi connectivity index (χ0v) is 10.9. The molecule has 1 rings (SSSR count). The molecule has 0 aliphatic heterocycles. The molecule has 0 aromatic heterocycles. The second kappa shape index (κ2) is 7.53. The molecular formula is C13H21ClN2. The maximum atomic E-state index is 6.05. The first-order chi connectivity index (χ1) is 7.74. The van der Waals surface area contributed by atoms with E-state index in [4.69, 9.17) is 11.6 Å². The summed E-state index contributed by atoms with van der Waals surface area (Å²) in [6, 6.07) is 7.86. The van der Waals surface area contributed by atoms with Gasteiger partial charge in [0.2, 0.25) is 0 Å². The molecule has 16 heavy (non-hydrogen) atoms. The zero-order chi connectivity index (χ0) is 11.8. The molecule has 1 aromatic carbocycles. The van der Waals surface area contributed by atoms with Gasteiger partial charge in [0, 0.05) is 13.1 Å². The first kappa shape index (κ1) is 13.3. The van der Waals surface area contributed by atoms with Crippen molar-refractivity contribution in [2.75, 3.05) is 32.0 Å². The van der Waals surface area contributed by atoms with Crippen LogP contribution < -0.4 is 5.32 Å². The quantitative estimate of drug-likeness (QED) is 0.785. The van der Waals surface area contributed by atoms with E-state index in [1.54, 1.807) is 0 Å². The van der Waals surface area contributed by atoms with Crippen molar-refractivity contribution in [1.29, 1.82) is 0 Å². The molecule has 0 unspecified atom stereocenters. The maximum Gasteiger partial charge on any atom is 0.0637 e. The van der Waals surface area contributed by atoms with E-state index < -0.39 is 0 Å². The average Bonchev–Trinajstić information content (AvgIpc) is 2.29. The fourth-order valence-corrected chi connectivity index (χ4v) is 1.73. The maximum absolute atomic E-state index is 6.05. The van der Waals surface area contributed by atoms with Crippen molar-refractivity contribution >= 4 is 17.3 Å². The van der Waals surface area contributed by atoms with Gasteiger partial charge in [-0.3, -0.25) is 0 Å². The summed E-state index contributed by atoms with van der Waals surface area (Å²) in [6.07, 6.45) is 2.52. The smallest absolute Gasteiger partial charge is 0.0637 e. The Bertz CT molecular complexity index is 302. The van der Waals surface area contributed by atoms with E-state index in [0.717, 1.165) is 23.8 Å². The lowest BCUT2D eigenvalue weighted by atomic mass is 10.3. The Kier molecular flexibility index (Phi) is 6.27.